The molecular weight excluding hydrogens is 273 g/mol. The summed E-state index contributed by atoms with van der Waals surface area (Å²) in [4.78, 5) is 0. The van der Waals surface area contributed by atoms with E-state index in [0.29, 0.717) is 0 Å². The van der Waals surface area contributed by atoms with Crippen molar-refractivity contribution >= 4 is 11.6 Å². The second kappa shape index (κ2) is 6.87. The van der Waals surface area contributed by atoms with Crippen LogP contribution in [0.3, 0.4) is 0 Å². The van der Waals surface area contributed by atoms with Gasteiger partial charge in [0.25, 0.3) is 0 Å². The molecule has 0 saturated carbocycles. The van der Waals surface area contributed by atoms with E-state index in [1.807, 2.05) is 37.3 Å². The summed E-state index contributed by atoms with van der Waals surface area (Å²) in [7, 11) is 0. The van der Waals surface area contributed by atoms with Gasteiger partial charge in [-0.1, -0.05) is 35.9 Å². The highest BCUT2D eigenvalue weighted by molar-refractivity contribution is 6.31. The van der Waals surface area contributed by atoms with E-state index in [-0.39, 0.29) is 11.9 Å². The van der Waals surface area contributed by atoms with Crippen molar-refractivity contribution in [1.29, 1.82) is 0 Å². The van der Waals surface area contributed by atoms with Crippen LogP contribution in [0.4, 0.5) is 4.39 Å². The quantitative estimate of drug-likeness (QED) is 0.843. The molecule has 1 nitrogen and oxygen atoms in total. The molecule has 0 heterocycles. The molecule has 0 bridgehead atoms. The Morgan fingerprint density at radius 3 is 2.65 bits per heavy atom. The standard InChI is InChI=1S/C17H19ClFN/c1-12-11-15(19)8-7-14(12)9-10-20-13(2)16-5-3-4-6-17(16)18/h3-8,11,13,20H,9-10H2,1-2H3. The highest BCUT2D eigenvalue weighted by Crippen LogP contribution is 2.22. The Morgan fingerprint density at radius 2 is 1.95 bits per heavy atom. The summed E-state index contributed by atoms with van der Waals surface area (Å²) in [6.45, 7) is 4.87. The van der Waals surface area contributed by atoms with Crippen molar-refractivity contribution in [3.63, 3.8) is 0 Å². The lowest BCUT2D eigenvalue weighted by Gasteiger charge is -2.16. The van der Waals surface area contributed by atoms with Crippen LogP contribution in [0, 0.1) is 12.7 Å². The van der Waals surface area contributed by atoms with Crippen LogP contribution in [0.1, 0.15) is 29.7 Å². The number of rotatable bonds is 5. The van der Waals surface area contributed by atoms with Crippen LogP contribution in [0.2, 0.25) is 5.02 Å². The first kappa shape index (κ1) is 15.0. The van der Waals surface area contributed by atoms with Crippen molar-refractivity contribution in [2.24, 2.45) is 0 Å². The van der Waals surface area contributed by atoms with Gasteiger partial charge in [0, 0.05) is 11.1 Å². The third-order valence-corrected chi connectivity index (χ3v) is 3.87. The normalized spacial score (nSPS) is 12.4. The van der Waals surface area contributed by atoms with Gasteiger partial charge in [0.2, 0.25) is 0 Å². The summed E-state index contributed by atoms with van der Waals surface area (Å²) in [5.74, 6) is -0.177. The fraction of sp³-hybridized carbons (Fsp3) is 0.294. The molecule has 0 spiro atoms. The molecule has 1 atom stereocenters. The molecule has 2 rings (SSSR count). The molecule has 0 aliphatic rings. The molecular formula is C17H19ClFN. The van der Waals surface area contributed by atoms with Crippen LogP contribution >= 0.6 is 11.6 Å². The molecule has 0 amide bonds. The lowest BCUT2D eigenvalue weighted by atomic mass is 10.0. The first-order valence-electron chi connectivity index (χ1n) is 6.81. The predicted molar refractivity (Wildman–Crippen MR) is 82.7 cm³/mol. The van der Waals surface area contributed by atoms with Gasteiger partial charge in [-0.05, 0) is 61.7 Å². The second-order valence-corrected chi connectivity index (χ2v) is 5.43. The summed E-state index contributed by atoms with van der Waals surface area (Å²) in [6.07, 6.45) is 0.876. The number of nitrogens with one attached hydrogen (secondary N) is 1. The van der Waals surface area contributed by atoms with Gasteiger partial charge in [-0.25, -0.2) is 4.39 Å². The van der Waals surface area contributed by atoms with Crippen molar-refractivity contribution in [3.8, 4) is 0 Å². The SMILES string of the molecule is Cc1cc(F)ccc1CCNC(C)c1ccccc1Cl. The van der Waals surface area contributed by atoms with E-state index in [1.54, 1.807) is 6.07 Å². The third-order valence-electron chi connectivity index (χ3n) is 3.52. The van der Waals surface area contributed by atoms with E-state index >= 15 is 0 Å². The Labute approximate surface area is 124 Å². The Kier molecular flexibility index (Phi) is 5.16. The summed E-state index contributed by atoms with van der Waals surface area (Å²) < 4.78 is 13.0. The minimum Gasteiger partial charge on any atom is -0.310 e. The highest BCUT2D eigenvalue weighted by Gasteiger charge is 2.08. The molecule has 2 aromatic rings. The first-order chi connectivity index (χ1) is 9.58. The Bertz CT molecular complexity index is 583. The zero-order valence-electron chi connectivity index (χ0n) is 11.8. The molecule has 3 heteroatoms. The number of halogens is 2. The van der Waals surface area contributed by atoms with E-state index in [4.69, 9.17) is 11.6 Å². The van der Waals surface area contributed by atoms with E-state index in [0.717, 1.165) is 29.1 Å². The second-order valence-electron chi connectivity index (χ2n) is 5.02. The van der Waals surface area contributed by atoms with Crippen LogP contribution in [-0.4, -0.2) is 6.54 Å². The molecule has 0 aromatic heterocycles. The Morgan fingerprint density at radius 1 is 1.20 bits per heavy atom. The van der Waals surface area contributed by atoms with Crippen LogP contribution in [0.15, 0.2) is 42.5 Å². The lowest BCUT2D eigenvalue weighted by molar-refractivity contribution is 0.575. The molecule has 20 heavy (non-hydrogen) atoms. The summed E-state index contributed by atoms with van der Waals surface area (Å²) in [5.41, 5.74) is 3.27. The van der Waals surface area contributed by atoms with Crippen molar-refractivity contribution in [2.75, 3.05) is 6.54 Å². The van der Waals surface area contributed by atoms with Gasteiger partial charge in [0.1, 0.15) is 5.82 Å². The fourth-order valence-corrected chi connectivity index (χ4v) is 2.60. The average molecular weight is 292 g/mol. The Hall–Kier alpha value is -1.38. The van der Waals surface area contributed by atoms with Crippen molar-refractivity contribution in [1.82, 2.24) is 5.32 Å². The molecule has 0 saturated heterocycles. The van der Waals surface area contributed by atoms with E-state index < -0.39 is 0 Å². The first-order valence-corrected chi connectivity index (χ1v) is 7.18. The third kappa shape index (κ3) is 3.81. The average Bonchev–Trinajstić information content (AvgIpc) is 2.41. The lowest BCUT2D eigenvalue weighted by Crippen LogP contribution is -2.21. The van der Waals surface area contributed by atoms with Crippen LogP contribution in [0.25, 0.3) is 0 Å². The maximum absolute atomic E-state index is 13.0. The molecule has 1 unspecified atom stereocenters. The zero-order chi connectivity index (χ0) is 14.5. The van der Waals surface area contributed by atoms with Crippen LogP contribution in [-0.2, 0) is 6.42 Å². The summed E-state index contributed by atoms with van der Waals surface area (Å²) in [5, 5.41) is 4.23. The van der Waals surface area contributed by atoms with Crippen molar-refractivity contribution in [2.45, 2.75) is 26.3 Å². The van der Waals surface area contributed by atoms with Gasteiger partial charge in [0.15, 0.2) is 0 Å². The van der Waals surface area contributed by atoms with E-state index in [9.17, 15) is 4.39 Å². The van der Waals surface area contributed by atoms with Crippen molar-refractivity contribution in [3.05, 3.63) is 70.0 Å². The maximum Gasteiger partial charge on any atom is 0.123 e. The smallest absolute Gasteiger partial charge is 0.123 e. The largest absolute Gasteiger partial charge is 0.310 e. The predicted octanol–water partition coefficient (Wildman–Crippen LogP) is 4.68. The highest BCUT2D eigenvalue weighted by atomic mass is 35.5. The minimum absolute atomic E-state index is 0.177. The summed E-state index contributed by atoms with van der Waals surface area (Å²) in [6, 6.07) is 13.0. The molecule has 106 valence electrons. The monoisotopic (exact) mass is 291 g/mol. The molecule has 0 aliphatic carbocycles. The number of aryl methyl sites for hydroxylation is 1. The number of benzene rings is 2. The fourth-order valence-electron chi connectivity index (χ4n) is 2.30. The van der Waals surface area contributed by atoms with E-state index in [1.165, 1.54) is 11.6 Å². The van der Waals surface area contributed by atoms with Crippen LogP contribution in [0.5, 0.6) is 0 Å². The summed E-state index contributed by atoms with van der Waals surface area (Å²) >= 11 is 6.18. The zero-order valence-corrected chi connectivity index (χ0v) is 12.5. The minimum atomic E-state index is -0.177. The molecule has 1 N–H and O–H groups in total. The van der Waals surface area contributed by atoms with Gasteiger partial charge >= 0.3 is 0 Å². The van der Waals surface area contributed by atoms with Crippen molar-refractivity contribution < 1.29 is 4.39 Å². The Balaban J connectivity index is 1.91. The molecule has 0 fully saturated rings. The number of hydrogen-bond acceptors (Lipinski definition) is 1. The topological polar surface area (TPSA) is 12.0 Å². The van der Waals surface area contributed by atoms with Gasteiger partial charge in [-0.15, -0.1) is 0 Å². The van der Waals surface area contributed by atoms with Gasteiger partial charge in [-0.2, -0.15) is 0 Å². The van der Waals surface area contributed by atoms with Gasteiger partial charge in [-0.3, -0.25) is 0 Å². The molecule has 0 radical (unpaired) electrons. The molecule has 2 aromatic carbocycles. The number of hydrogen-bond donors (Lipinski definition) is 1. The van der Waals surface area contributed by atoms with Gasteiger partial charge in [0.05, 0.1) is 0 Å². The molecule has 0 aliphatic heterocycles. The maximum atomic E-state index is 13.0. The van der Waals surface area contributed by atoms with Crippen LogP contribution < -0.4 is 5.32 Å². The van der Waals surface area contributed by atoms with E-state index in [2.05, 4.69) is 12.2 Å². The van der Waals surface area contributed by atoms with Gasteiger partial charge < -0.3 is 5.32 Å².